The van der Waals surface area contributed by atoms with Crippen molar-refractivity contribution < 1.29 is 9.18 Å². The number of aromatic nitrogens is 2. The summed E-state index contributed by atoms with van der Waals surface area (Å²) >= 11 is 3.16. The Bertz CT molecular complexity index is 548. The molecule has 2 aromatic rings. The van der Waals surface area contributed by atoms with Gasteiger partial charge < -0.3 is 5.32 Å². The van der Waals surface area contributed by atoms with Gasteiger partial charge in [0.05, 0.1) is 11.3 Å². The van der Waals surface area contributed by atoms with Gasteiger partial charge in [0.25, 0.3) is 5.91 Å². The molecule has 4 nitrogen and oxygen atoms in total. The third kappa shape index (κ3) is 2.85. The van der Waals surface area contributed by atoms with Crippen molar-refractivity contribution in [2.24, 2.45) is 0 Å². The molecule has 0 radical (unpaired) electrons. The zero-order valence-corrected chi connectivity index (χ0v) is 10.1. The molecule has 1 aromatic heterocycles. The number of nitrogens with one attached hydrogen (secondary N) is 1. The summed E-state index contributed by atoms with van der Waals surface area (Å²) in [7, 11) is 0. The molecule has 0 aliphatic heterocycles. The number of nitrogens with zero attached hydrogens (tertiary/aromatic N) is 2. The zero-order valence-electron chi connectivity index (χ0n) is 8.52. The minimum atomic E-state index is -0.377. The molecule has 0 unspecified atom stereocenters. The summed E-state index contributed by atoms with van der Waals surface area (Å²) in [6.07, 6.45) is 4.14. The van der Waals surface area contributed by atoms with E-state index in [-0.39, 0.29) is 11.7 Å². The largest absolute Gasteiger partial charge is 0.321 e. The second-order valence-electron chi connectivity index (χ2n) is 3.21. The van der Waals surface area contributed by atoms with Crippen molar-refractivity contribution in [1.82, 2.24) is 9.97 Å². The number of carbonyl (C=O) groups excluding carboxylic acids is 1. The molecular formula is C11H7BrFN3O. The molecule has 86 valence electrons. The Morgan fingerprint density at radius 3 is 2.65 bits per heavy atom. The van der Waals surface area contributed by atoms with Gasteiger partial charge in [0, 0.05) is 16.9 Å². The van der Waals surface area contributed by atoms with Crippen molar-refractivity contribution in [3.05, 3.63) is 52.8 Å². The Hall–Kier alpha value is -1.82. The minimum absolute atomic E-state index is 0.337. The highest BCUT2D eigenvalue weighted by molar-refractivity contribution is 9.10. The van der Waals surface area contributed by atoms with Crippen molar-refractivity contribution in [3.63, 3.8) is 0 Å². The lowest BCUT2D eigenvalue weighted by Gasteiger charge is -2.06. The predicted octanol–water partition coefficient (Wildman–Crippen LogP) is 2.63. The third-order valence-electron chi connectivity index (χ3n) is 2.00. The molecule has 0 fully saturated rings. The second-order valence-corrected chi connectivity index (χ2v) is 4.06. The highest BCUT2D eigenvalue weighted by Gasteiger charge is 2.08. The van der Waals surface area contributed by atoms with Crippen LogP contribution in [0, 0.1) is 5.82 Å². The Labute approximate surface area is 105 Å². The summed E-state index contributed by atoms with van der Waals surface area (Å²) in [6, 6.07) is 4.01. The van der Waals surface area contributed by atoms with Gasteiger partial charge in [-0.25, -0.2) is 14.4 Å². The molecule has 0 saturated carbocycles. The van der Waals surface area contributed by atoms with Gasteiger partial charge in [-0.15, -0.1) is 0 Å². The summed E-state index contributed by atoms with van der Waals surface area (Å²) in [5.74, 6) is -0.726. The van der Waals surface area contributed by atoms with Crippen molar-refractivity contribution in [3.8, 4) is 0 Å². The van der Waals surface area contributed by atoms with Gasteiger partial charge >= 0.3 is 0 Å². The van der Waals surface area contributed by atoms with Crippen LogP contribution in [0.5, 0.6) is 0 Å². The summed E-state index contributed by atoms with van der Waals surface area (Å²) in [5, 5.41) is 2.62. The van der Waals surface area contributed by atoms with Crippen LogP contribution in [-0.2, 0) is 0 Å². The van der Waals surface area contributed by atoms with Crippen molar-refractivity contribution in [2.45, 2.75) is 0 Å². The average molecular weight is 296 g/mol. The van der Waals surface area contributed by atoms with Crippen LogP contribution in [0.25, 0.3) is 0 Å². The molecule has 0 aliphatic carbocycles. The fourth-order valence-electron chi connectivity index (χ4n) is 1.20. The summed E-state index contributed by atoms with van der Waals surface area (Å²) in [5.41, 5.74) is 0.823. The second kappa shape index (κ2) is 5.01. The van der Waals surface area contributed by atoms with E-state index >= 15 is 0 Å². The molecule has 1 N–H and O–H groups in total. The first-order valence-corrected chi connectivity index (χ1v) is 5.47. The van der Waals surface area contributed by atoms with Crippen LogP contribution < -0.4 is 5.32 Å². The van der Waals surface area contributed by atoms with Crippen LogP contribution >= 0.6 is 15.9 Å². The summed E-state index contributed by atoms with van der Waals surface area (Å²) < 4.78 is 13.3. The van der Waals surface area contributed by atoms with Gasteiger partial charge in [-0.3, -0.25) is 4.79 Å². The van der Waals surface area contributed by atoms with Gasteiger partial charge in [-0.1, -0.05) is 0 Å². The van der Waals surface area contributed by atoms with Crippen LogP contribution in [0.15, 0.2) is 41.4 Å². The molecule has 6 heteroatoms. The fourth-order valence-corrected chi connectivity index (χ4v) is 1.65. The highest BCUT2D eigenvalue weighted by Crippen LogP contribution is 2.23. The number of halogens is 2. The number of benzene rings is 1. The fraction of sp³-hybridized carbons (Fsp3) is 0. The Morgan fingerprint density at radius 2 is 2.00 bits per heavy atom. The van der Waals surface area contributed by atoms with E-state index in [0.29, 0.717) is 15.7 Å². The van der Waals surface area contributed by atoms with E-state index in [1.54, 1.807) is 0 Å². The lowest BCUT2D eigenvalue weighted by Crippen LogP contribution is -2.12. The topological polar surface area (TPSA) is 54.9 Å². The Morgan fingerprint density at radius 1 is 1.29 bits per heavy atom. The Balaban J connectivity index is 2.19. The average Bonchev–Trinajstić information content (AvgIpc) is 2.34. The molecule has 17 heavy (non-hydrogen) atoms. The van der Waals surface area contributed by atoms with E-state index < -0.39 is 0 Å². The van der Waals surface area contributed by atoms with Gasteiger partial charge in [0.15, 0.2) is 0 Å². The lowest BCUT2D eigenvalue weighted by molar-refractivity contribution is 0.102. The molecule has 0 spiro atoms. The number of hydrogen-bond donors (Lipinski definition) is 1. The molecule has 1 aromatic carbocycles. The van der Waals surface area contributed by atoms with Gasteiger partial charge in [-0.05, 0) is 34.1 Å². The SMILES string of the molecule is O=C(Nc1ccc(F)cc1Br)c1cncnc1. The summed E-state index contributed by atoms with van der Waals surface area (Å²) in [6.45, 7) is 0. The lowest BCUT2D eigenvalue weighted by atomic mass is 10.2. The standard InChI is InChI=1S/C11H7BrFN3O/c12-9-3-8(13)1-2-10(9)16-11(17)7-4-14-6-15-5-7/h1-6H,(H,16,17). The Kier molecular flexibility index (Phi) is 3.43. The number of rotatable bonds is 2. The smallest absolute Gasteiger partial charge is 0.258 e. The third-order valence-corrected chi connectivity index (χ3v) is 2.66. The maximum atomic E-state index is 12.8. The van der Waals surface area contributed by atoms with Crippen molar-refractivity contribution in [2.75, 3.05) is 5.32 Å². The molecule has 1 amide bonds. The van der Waals surface area contributed by atoms with Crippen LogP contribution in [0.1, 0.15) is 10.4 Å². The van der Waals surface area contributed by atoms with E-state index in [2.05, 4.69) is 31.2 Å². The molecule has 0 atom stereocenters. The molecular weight excluding hydrogens is 289 g/mol. The number of carbonyl (C=O) groups is 1. The monoisotopic (exact) mass is 295 g/mol. The van der Waals surface area contributed by atoms with E-state index in [0.717, 1.165) is 0 Å². The summed E-state index contributed by atoms with van der Waals surface area (Å²) in [4.78, 5) is 19.2. The molecule has 2 rings (SSSR count). The maximum absolute atomic E-state index is 12.8. The maximum Gasteiger partial charge on any atom is 0.258 e. The van der Waals surface area contributed by atoms with Crippen LogP contribution in [0.2, 0.25) is 0 Å². The van der Waals surface area contributed by atoms with Crippen LogP contribution in [-0.4, -0.2) is 15.9 Å². The quantitative estimate of drug-likeness (QED) is 0.927. The first-order chi connectivity index (χ1) is 8.16. The normalized spacial score (nSPS) is 10.0. The van der Waals surface area contributed by atoms with Crippen LogP contribution in [0.4, 0.5) is 10.1 Å². The first kappa shape index (κ1) is 11.7. The highest BCUT2D eigenvalue weighted by atomic mass is 79.9. The van der Waals surface area contributed by atoms with Crippen LogP contribution in [0.3, 0.4) is 0 Å². The van der Waals surface area contributed by atoms with Crippen molar-refractivity contribution in [1.29, 1.82) is 0 Å². The van der Waals surface area contributed by atoms with E-state index in [1.807, 2.05) is 0 Å². The number of anilines is 1. The van der Waals surface area contributed by atoms with Gasteiger partial charge in [-0.2, -0.15) is 0 Å². The van der Waals surface area contributed by atoms with E-state index in [9.17, 15) is 9.18 Å². The minimum Gasteiger partial charge on any atom is -0.321 e. The molecule has 0 bridgehead atoms. The molecule has 1 heterocycles. The number of amides is 1. The van der Waals surface area contributed by atoms with Gasteiger partial charge in [0.1, 0.15) is 12.1 Å². The van der Waals surface area contributed by atoms with E-state index in [4.69, 9.17) is 0 Å². The van der Waals surface area contributed by atoms with E-state index in [1.165, 1.54) is 36.9 Å². The van der Waals surface area contributed by atoms with Gasteiger partial charge in [0.2, 0.25) is 0 Å². The number of hydrogen-bond acceptors (Lipinski definition) is 3. The first-order valence-electron chi connectivity index (χ1n) is 4.68. The van der Waals surface area contributed by atoms with Crippen molar-refractivity contribution >= 4 is 27.5 Å². The molecule has 0 saturated heterocycles. The predicted molar refractivity (Wildman–Crippen MR) is 64.1 cm³/mol. The zero-order chi connectivity index (χ0) is 12.3. The molecule has 0 aliphatic rings.